The summed E-state index contributed by atoms with van der Waals surface area (Å²) < 4.78 is 5.05. The first kappa shape index (κ1) is 20.4. The van der Waals surface area contributed by atoms with Crippen LogP contribution >= 0.6 is 0 Å². The van der Waals surface area contributed by atoms with Crippen molar-refractivity contribution in [2.45, 2.75) is 0 Å². The summed E-state index contributed by atoms with van der Waals surface area (Å²) in [6, 6.07) is 44.9. The van der Waals surface area contributed by atoms with Crippen LogP contribution in [-0.4, -0.2) is 13.8 Å². The summed E-state index contributed by atoms with van der Waals surface area (Å²) >= 11 is 0. The summed E-state index contributed by atoms with van der Waals surface area (Å²) in [5, 5.41) is 13.0. The molecule has 0 radical (unpaired) electrons. The van der Waals surface area contributed by atoms with Crippen LogP contribution in [0.5, 0.6) is 0 Å². The summed E-state index contributed by atoms with van der Waals surface area (Å²) in [5.74, 6) is 0. The zero-order valence-corrected chi connectivity index (χ0v) is 21.9. The van der Waals surface area contributed by atoms with E-state index in [1.165, 1.54) is 98.0 Å². The van der Waals surface area contributed by atoms with E-state index >= 15 is 0 Å². The summed E-state index contributed by atoms with van der Waals surface area (Å²) in [6.07, 6.45) is 0. The average molecular weight is 520 g/mol. The lowest BCUT2D eigenvalue weighted by Gasteiger charge is -2.09. The van der Waals surface area contributed by atoms with Gasteiger partial charge in [-0.25, -0.2) is 0 Å². The smallest absolute Gasteiger partial charge is 0.0703 e. The minimum Gasteiger partial charge on any atom is -0.354 e. The van der Waals surface area contributed by atoms with Crippen LogP contribution < -0.4 is 0 Å². The quantitative estimate of drug-likeness (QED) is 0.193. The van der Waals surface area contributed by atoms with Gasteiger partial charge in [-0.3, -0.25) is 0 Å². The normalized spacial score (nSPS) is 12.9. The van der Waals surface area contributed by atoms with Crippen LogP contribution in [0, 0.1) is 0 Å². The fraction of sp³-hybridized carbons (Fsp3) is 0. The molecule has 0 atom stereocenters. The summed E-state index contributed by atoms with van der Waals surface area (Å²) in [4.78, 5) is 3.71. The molecule has 0 bridgehead atoms. The molecule has 41 heavy (non-hydrogen) atoms. The lowest BCUT2D eigenvalue weighted by Crippen LogP contribution is -1.88. The fourth-order valence-electron chi connectivity index (χ4n) is 7.94. The zero-order chi connectivity index (χ0) is 26.4. The Morgan fingerprint density at radius 1 is 0.341 bits per heavy atom. The van der Waals surface area contributed by atoms with E-state index in [0.29, 0.717) is 0 Å². The Morgan fingerprint density at radius 3 is 1.78 bits per heavy atom. The summed E-state index contributed by atoms with van der Waals surface area (Å²) in [7, 11) is 0. The Hall–Kier alpha value is -5.54. The molecule has 3 heteroatoms. The van der Waals surface area contributed by atoms with Gasteiger partial charge in [-0.05, 0) is 52.6 Å². The van der Waals surface area contributed by atoms with Crippen molar-refractivity contribution in [2.75, 3.05) is 0 Å². The van der Waals surface area contributed by atoms with E-state index in [2.05, 4.69) is 135 Å². The third-order valence-electron chi connectivity index (χ3n) is 9.52. The van der Waals surface area contributed by atoms with Crippen LogP contribution in [0.4, 0.5) is 0 Å². The van der Waals surface area contributed by atoms with Gasteiger partial charge in [-0.15, -0.1) is 0 Å². The molecule has 0 saturated carbocycles. The number of rotatable bonds is 0. The van der Waals surface area contributed by atoms with Gasteiger partial charge < -0.3 is 13.8 Å². The standard InChI is InChI=1S/C38H21N3/c1-2-12-24-21(9-1)25-17-18-26-23-11-4-6-14-31(23)40-32-15-7-8-16-33(32)41-34-20-30-27(22-10-3-5-13-29(22)39-30)19-28(34)35(24)38(41)36(25)37(26)40/h1-20,39H. The number of para-hydroxylation sites is 4. The topological polar surface area (TPSA) is 24.6 Å². The molecule has 0 aliphatic heterocycles. The van der Waals surface area contributed by atoms with Gasteiger partial charge in [0, 0.05) is 48.7 Å². The van der Waals surface area contributed by atoms with Gasteiger partial charge in [-0.1, -0.05) is 84.9 Å². The van der Waals surface area contributed by atoms with Crippen LogP contribution in [0.2, 0.25) is 0 Å². The van der Waals surface area contributed by atoms with Gasteiger partial charge in [0.15, 0.2) is 0 Å². The third-order valence-corrected chi connectivity index (χ3v) is 9.52. The second kappa shape index (κ2) is 6.78. The molecule has 0 aliphatic rings. The Balaban J connectivity index is 1.60. The molecule has 4 aromatic heterocycles. The number of H-pyrrole nitrogens is 1. The van der Waals surface area contributed by atoms with Gasteiger partial charge in [0.2, 0.25) is 0 Å². The number of hydrogen-bond acceptors (Lipinski definition) is 0. The number of aromatic amines is 1. The maximum Gasteiger partial charge on any atom is 0.0703 e. The first-order valence-corrected chi connectivity index (χ1v) is 14.2. The highest BCUT2D eigenvalue weighted by molar-refractivity contribution is 6.38. The molecular formula is C38H21N3. The van der Waals surface area contributed by atoms with E-state index in [9.17, 15) is 0 Å². The first-order valence-electron chi connectivity index (χ1n) is 14.2. The number of nitrogens with zero attached hydrogens (tertiary/aromatic N) is 2. The Bertz CT molecular complexity index is 2910. The number of hydrogen-bond donors (Lipinski definition) is 1. The molecule has 0 spiro atoms. The van der Waals surface area contributed by atoms with Crippen molar-refractivity contribution in [3.8, 4) is 0 Å². The van der Waals surface area contributed by atoms with Crippen LogP contribution in [0.25, 0.3) is 98.0 Å². The third kappa shape index (κ3) is 2.23. The molecule has 4 heterocycles. The monoisotopic (exact) mass is 519 g/mol. The second-order valence-corrected chi connectivity index (χ2v) is 11.4. The van der Waals surface area contributed by atoms with Crippen molar-refractivity contribution >= 4 is 98.0 Å². The van der Waals surface area contributed by atoms with Crippen LogP contribution in [0.15, 0.2) is 121 Å². The lowest BCUT2D eigenvalue weighted by molar-refractivity contribution is 1.32. The van der Waals surface area contributed by atoms with Gasteiger partial charge in [0.05, 0.1) is 33.1 Å². The molecule has 0 fully saturated rings. The summed E-state index contributed by atoms with van der Waals surface area (Å²) in [5.41, 5.74) is 9.83. The van der Waals surface area contributed by atoms with E-state index in [4.69, 9.17) is 0 Å². The molecular weight excluding hydrogens is 498 g/mol. The van der Waals surface area contributed by atoms with E-state index in [-0.39, 0.29) is 0 Å². The maximum absolute atomic E-state index is 3.71. The second-order valence-electron chi connectivity index (χ2n) is 11.4. The number of benzene rings is 7. The molecule has 0 aliphatic carbocycles. The van der Waals surface area contributed by atoms with Crippen LogP contribution in [0.1, 0.15) is 0 Å². The zero-order valence-electron chi connectivity index (χ0n) is 21.9. The van der Waals surface area contributed by atoms with Crippen molar-refractivity contribution in [3.05, 3.63) is 121 Å². The largest absolute Gasteiger partial charge is 0.354 e. The highest BCUT2D eigenvalue weighted by atomic mass is 15.0. The predicted octanol–water partition coefficient (Wildman–Crippen LogP) is 10.2. The van der Waals surface area contributed by atoms with Crippen molar-refractivity contribution in [2.24, 2.45) is 0 Å². The minimum absolute atomic E-state index is 1.17. The molecule has 3 nitrogen and oxygen atoms in total. The maximum atomic E-state index is 3.71. The van der Waals surface area contributed by atoms with Crippen molar-refractivity contribution in [1.82, 2.24) is 13.8 Å². The van der Waals surface area contributed by atoms with Gasteiger partial charge >= 0.3 is 0 Å². The first-order chi connectivity index (χ1) is 20.4. The Morgan fingerprint density at radius 2 is 0.951 bits per heavy atom. The molecule has 0 amide bonds. The number of nitrogens with one attached hydrogen (secondary N) is 1. The van der Waals surface area contributed by atoms with Crippen LogP contribution in [-0.2, 0) is 0 Å². The predicted molar refractivity (Wildman–Crippen MR) is 174 cm³/mol. The molecule has 0 unspecified atom stereocenters. The SMILES string of the molecule is c1ccc2c(c1)[nH]c1cc3c(cc12)c1c2ccccc2c2ccc4c5ccccc5n5c6ccccc6n3c1c2c45. The van der Waals surface area contributed by atoms with E-state index < -0.39 is 0 Å². The molecule has 188 valence electrons. The van der Waals surface area contributed by atoms with Gasteiger partial charge in [-0.2, -0.15) is 0 Å². The highest BCUT2D eigenvalue weighted by Crippen LogP contribution is 2.47. The van der Waals surface area contributed by atoms with Gasteiger partial charge in [0.25, 0.3) is 0 Å². The molecule has 7 aromatic carbocycles. The fourth-order valence-corrected chi connectivity index (χ4v) is 7.94. The van der Waals surface area contributed by atoms with E-state index in [1.807, 2.05) is 0 Å². The Labute approximate surface area is 232 Å². The minimum atomic E-state index is 1.17. The van der Waals surface area contributed by atoms with Gasteiger partial charge in [0.1, 0.15) is 0 Å². The Kier molecular flexibility index (Phi) is 3.37. The number of fused-ring (bicyclic) bond motifs is 15. The molecule has 11 rings (SSSR count). The molecule has 0 saturated heterocycles. The highest BCUT2D eigenvalue weighted by Gasteiger charge is 2.24. The van der Waals surface area contributed by atoms with Crippen LogP contribution in [0.3, 0.4) is 0 Å². The molecule has 1 N–H and O–H groups in total. The van der Waals surface area contributed by atoms with Crippen molar-refractivity contribution < 1.29 is 0 Å². The van der Waals surface area contributed by atoms with Crippen molar-refractivity contribution in [3.63, 3.8) is 0 Å². The molecule has 11 aromatic rings. The average Bonchev–Trinajstić information content (AvgIpc) is 3.64. The number of aromatic nitrogens is 3. The van der Waals surface area contributed by atoms with E-state index in [1.54, 1.807) is 0 Å². The lowest BCUT2D eigenvalue weighted by atomic mass is 9.95. The van der Waals surface area contributed by atoms with Crippen molar-refractivity contribution in [1.29, 1.82) is 0 Å². The summed E-state index contributed by atoms with van der Waals surface area (Å²) in [6.45, 7) is 0. The van der Waals surface area contributed by atoms with E-state index in [0.717, 1.165) is 0 Å².